The van der Waals surface area contributed by atoms with Gasteiger partial charge in [-0.1, -0.05) is 117 Å². The molecule has 0 bridgehead atoms. The molecule has 0 aromatic heterocycles. The molecular weight excluding hydrogens is 216 g/mol. The Morgan fingerprint density at radius 1 is 0.278 bits per heavy atom. The Morgan fingerprint density at radius 3 is 0.611 bits per heavy atom. The van der Waals surface area contributed by atoms with Crippen molar-refractivity contribution in [2.24, 2.45) is 0 Å². The van der Waals surface area contributed by atoms with Crippen LogP contribution in [-0.4, -0.2) is 0 Å². The summed E-state index contributed by atoms with van der Waals surface area (Å²) in [5, 5.41) is 0. The topological polar surface area (TPSA) is 0 Å². The zero-order chi connectivity index (χ0) is 13.3. The minimum absolute atomic E-state index is 1.12. The molecule has 0 aromatic carbocycles. The van der Waals surface area contributed by atoms with Gasteiger partial charge < -0.3 is 0 Å². The molecule has 0 N–H and O–H groups in total. The first-order chi connectivity index (χ1) is 8.91. The van der Waals surface area contributed by atoms with Crippen molar-refractivity contribution in [3.05, 3.63) is 13.8 Å². The summed E-state index contributed by atoms with van der Waals surface area (Å²) in [6, 6.07) is 0. The van der Waals surface area contributed by atoms with Crippen molar-refractivity contribution >= 4 is 0 Å². The van der Waals surface area contributed by atoms with Gasteiger partial charge in [0.1, 0.15) is 0 Å². The van der Waals surface area contributed by atoms with Crippen molar-refractivity contribution in [2.45, 2.75) is 103 Å². The molecule has 0 aliphatic carbocycles. The van der Waals surface area contributed by atoms with Crippen molar-refractivity contribution in [3.8, 4) is 0 Å². The Labute approximate surface area is 117 Å². The summed E-state index contributed by atoms with van der Waals surface area (Å²) < 4.78 is 0. The van der Waals surface area contributed by atoms with E-state index in [2.05, 4.69) is 13.8 Å². The van der Waals surface area contributed by atoms with Gasteiger partial charge in [0.05, 0.1) is 0 Å². The second-order valence-electron chi connectivity index (χ2n) is 5.66. The SMILES string of the molecule is [CH2]CCCCCCCCCCCCCCCC[CH2]. The molecule has 0 rings (SSSR count). The zero-order valence-electron chi connectivity index (χ0n) is 12.7. The number of hydrogen-bond donors (Lipinski definition) is 0. The van der Waals surface area contributed by atoms with Crippen LogP contribution in [0.3, 0.4) is 0 Å². The van der Waals surface area contributed by atoms with Crippen molar-refractivity contribution < 1.29 is 0 Å². The third kappa shape index (κ3) is 16.0. The maximum absolute atomic E-state index is 3.88. The highest BCUT2D eigenvalue weighted by molar-refractivity contribution is 4.50. The molecule has 0 heteroatoms. The Morgan fingerprint density at radius 2 is 0.444 bits per heavy atom. The Bertz CT molecular complexity index is 112. The lowest BCUT2D eigenvalue weighted by atomic mass is 10.0. The second-order valence-corrected chi connectivity index (χ2v) is 5.66. The van der Waals surface area contributed by atoms with E-state index < -0.39 is 0 Å². The van der Waals surface area contributed by atoms with E-state index in [1.807, 2.05) is 0 Å². The molecule has 0 heterocycles. The fourth-order valence-electron chi connectivity index (χ4n) is 2.47. The van der Waals surface area contributed by atoms with Gasteiger partial charge in [0.2, 0.25) is 0 Å². The van der Waals surface area contributed by atoms with Crippen LogP contribution in [0.25, 0.3) is 0 Å². The van der Waals surface area contributed by atoms with Gasteiger partial charge in [-0.25, -0.2) is 0 Å². The molecule has 0 unspecified atom stereocenters. The van der Waals surface area contributed by atoms with Gasteiger partial charge >= 0.3 is 0 Å². The van der Waals surface area contributed by atoms with E-state index in [1.54, 1.807) is 0 Å². The molecule has 0 nitrogen and oxygen atoms in total. The van der Waals surface area contributed by atoms with Gasteiger partial charge in [-0.05, 0) is 0 Å². The van der Waals surface area contributed by atoms with Crippen LogP contribution in [0.4, 0.5) is 0 Å². The smallest absolute Gasteiger partial charge is 0.0533 e. The fraction of sp³-hybridized carbons (Fsp3) is 0.889. The van der Waals surface area contributed by atoms with E-state index in [-0.39, 0.29) is 0 Å². The molecule has 0 atom stereocenters. The largest absolute Gasteiger partial charge is 0.0533 e. The molecule has 108 valence electrons. The monoisotopic (exact) mass is 252 g/mol. The maximum atomic E-state index is 3.88. The lowest BCUT2D eigenvalue weighted by Gasteiger charge is -2.03. The number of rotatable bonds is 15. The summed E-state index contributed by atoms with van der Waals surface area (Å²) in [6.45, 7) is 7.76. The molecular formula is C18H36. The molecule has 0 aliphatic heterocycles. The highest BCUT2D eigenvalue weighted by Crippen LogP contribution is 2.13. The van der Waals surface area contributed by atoms with Gasteiger partial charge in [-0.2, -0.15) is 0 Å². The standard InChI is InChI=1S/C18H36/c1-3-5-7-9-11-13-15-17-18-16-14-12-10-8-6-4-2/h1-18H2. The molecule has 0 aromatic rings. The quantitative estimate of drug-likeness (QED) is 0.278. The summed E-state index contributed by atoms with van der Waals surface area (Å²) in [7, 11) is 0. The van der Waals surface area contributed by atoms with Crippen LogP contribution < -0.4 is 0 Å². The predicted octanol–water partition coefficient (Wildman–Crippen LogP) is 6.90. The predicted molar refractivity (Wildman–Crippen MR) is 84.6 cm³/mol. The molecule has 0 saturated heterocycles. The van der Waals surface area contributed by atoms with Gasteiger partial charge in [-0.3, -0.25) is 0 Å². The van der Waals surface area contributed by atoms with Crippen LogP contribution >= 0.6 is 0 Å². The van der Waals surface area contributed by atoms with Gasteiger partial charge in [0, 0.05) is 0 Å². The minimum Gasteiger partial charge on any atom is -0.0533 e. The summed E-state index contributed by atoms with van der Waals surface area (Å²) in [5.41, 5.74) is 0. The van der Waals surface area contributed by atoms with Crippen LogP contribution in [0.15, 0.2) is 0 Å². The Kier molecular flexibility index (Phi) is 17.0. The first-order valence-electron chi connectivity index (χ1n) is 8.50. The molecule has 2 radical (unpaired) electrons. The summed E-state index contributed by atoms with van der Waals surface area (Å²) in [5.74, 6) is 0. The maximum Gasteiger partial charge on any atom is -0.0533 e. The van der Waals surface area contributed by atoms with Crippen LogP contribution in [0.2, 0.25) is 0 Å². The van der Waals surface area contributed by atoms with Crippen molar-refractivity contribution in [1.29, 1.82) is 0 Å². The minimum atomic E-state index is 1.12. The number of unbranched alkanes of at least 4 members (excludes halogenated alkanes) is 15. The molecule has 0 fully saturated rings. The van der Waals surface area contributed by atoms with Gasteiger partial charge in [-0.15, -0.1) is 0 Å². The molecule has 18 heavy (non-hydrogen) atoms. The Hall–Kier alpha value is 0. The van der Waals surface area contributed by atoms with Crippen LogP contribution in [0, 0.1) is 13.8 Å². The summed E-state index contributed by atoms with van der Waals surface area (Å²) in [4.78, 5) is 0. The third-order valence-corrected chi connectivity index (χ3v) is 3.75. The summed E-state index contributed by atoms with van der Waals surface area (Å²) >= 11 is 0. The average molecular weight is 252 g/mol. The van der Waals surface area contributed by atoms with E-state index in [4.69, 9.17) is 0 Å². The van der Waals surface area contributed by atoms with Gasteiger partial charge in [0.25, 0.3) is 0 Å². The molecule has 0 amide bonds. The highest BCUT2D eigenvalue weighted by Gasteiger charge is 1.93. The van der Waals surface area contributed by atoms with Crippen molar-refractivity contribution in [3.63, 3.8) is 0 Å². The Balaban J connectivity index is 2.86. The van der Waals surface area contributed by atoms with E-state index in [1.165, 1.54) is 89.9 Å². The summed E-state index contributed by atoms with van der Waals surface area (Å²) in [6.07, 6.45) is 22.2. The molecule has 0 saturated carbocycles. The first-order valence-corrected chi connectivity index (χ1v) is 8.50. The van der Waals surface area contributed by atoms with E-state index in [9.17, 15) is 0 Å². The fourth-order valence-corrected chi connectivity index (χ4v) is 2.47. The normalized spacial score (nSPS) is 11.0. The van der Waals surface area contributed by atoms with Gasteiger partial charge in [0.15, 0.2) is 0 Å². The van der Waals surface area contributed by atoms with Crippen molar-refractivity contribution in [1.82, 2.24) is 0 Å². The van der Waals surface area contributed by atoms with E-state index in [0.717, 1.165) is 12.8 Å². The zero-order valence-corrected chi connectivity index (χ0v) is 12.7. The van der Waals surface area contributed by atoms with Crippen LogP contribution in [0.1, 0.15) is 103 Å². The highest BCUT2D eigenvalue weighted by atomic mass is 14.0. The lowest BCUT2D eigenvalue weighted by Crippen LogP contribution is -1.83. The lowest BCUT2D eigenvalue weighted by molar-refractivity contribution is 0.534. The van der Waals surface area contributed by atoms with E-state index >= 15 is 0 Å². The van der Waals surface area contributed by atoms with Crippen LogP contribution in [0.5, 0.6) is 0 Å². The average Bonchev–Trinajstić information content (AvgIpc) is 2.39. The third-order valence-electron chi connectivity index (χ3n) is 3.75. The molecule has 0 aliphatic rings. The molecule has 0 spiro atoms. The van der Waals surface area contributed by atoms with E-state index in [0.29, 0.717) is 0 Å². The van der Waals surface area contributed by atoms with Crippen molar-refractivity contribution in [2.75, 3.05) is 0 Å². The first kappa shape index (κ1) is 18.0. The van der Waals surface area contributed by atoms with Crippen LogP contribution in [-0.2, 0) is 0 Å². The second kappa shape index (κ2) is 17.0. The number of hydrogen-bond acceptors (Lipinski definition) is 0.